The average Bonchev–Trinajstić information content (AvgIpc) is 2.29. The van der Waals surface area contributed by atoms with Gasteiger partial charge in [0.2, 0.25) is 0 Å². The summed E-state index contributed by atoms with van der Waals surface area (Å²) in [5.74, 6) is 0.863. The van der Waals surface area contributed by atoms with Crippen LogP contribution < -0.4 is 10.5 Å². The van der Waals surface area contributed by atoms with E-state index in [2.05, 4.69) is 33.9 Å². The van der Waals surface area contributed by atoms with E-state index >= 15 is 0 Å². The highest BCUT2D eigenvalue weighted by atomic mass is 28.4. The van der Waals surface area contributed by atoms with Crippen LogP contribution in [0.25, 0.3) is 0 Å². The van der Waals surface area contributed by atoms with Gasteiger partial charge < -0.3 is 14.9 Å². The molecule has 0 aliphatic heterocycles. The van der Waals surface area contributed by atoms with Gasteiger partial charge in [0.05, 0.1) is 6.61 Å². The lowest BCUT2D eigenvalue weighted by atomic mass is 10.2. The molecule has 1 aromatic rings. The summed E-state index contributed by atoms with van der Waals surface area (Å²) >= 11 is 0. The molecule has 0 amide bonds. The van der Waals surface area contributed by atoms with Gasteiger partial charge in [-0.05, 0) is 42.4 Å². The largest absolute Gasteiger partial charge is 0.494 e. The first-order chi connectivity index (χ1) is 8.72. The first-order valence-electron chi connectivity index (χ1n) is 6.85. The van der Waals surface area contributed by atoms with Crippen LogP contribution in [0.4, 0.5) is 5.69 Å². The Hall–Kier alpha value is -1.00. The van der Waals surface area contributed by atoms with Crippen molar-refractivity contribution < 1.29 is 9.16 Å². The molecule has 0 bridgehead atoms. The molecule has 0 fully saturated rings. The van der Waals surface area contributed by atoms with E-state index in [1.165, 1.54) is 0 Å². The Morgan fingerprint density at radius 1 is 1.05 bits per heavy atom. The number of hydrogen-bond acceptors (Lipinski definition) is 3. The maximum Gasteiger partial charge on any atom is 0.191 e. The molecule has 2 N–H and O–H groups in total. The third-order valence-corrected chi connectivity index (χ3v) is 8.24. The van der Waals surface area contributed by atoms with Gasteiger partial charge in [-0.3, -0.25) is 0 Å². The molecule has 0 atom stereocenters. The highest BCUT2D eigenvalue weighted by Gasteiger charge is 2.36. The molecule has 3 nitrogen and oxygen atoms in total. The molecule has 1 aromatic carbocycles. The van der Waals surface area contributed by atoms with E-state index in [4.69, 9.17) is 14.9 Å². The van der Waals surface area contributed by atoms with Crippen molar-refractivity contribution in [2.45, 2.75) is 45.3 Å². The Morgan fingerprint density at radius 3 is 2.16 bits per heavy atom. The van der Waals surface area contributed by atoms with E-state index in [9.17, 15) is 0 Å². The van der Waals surface area contributed by atoms with Gasteiger partial charge in [-0.25, -0.2) is 0 Å². The van der Waals surface area contributed by atoms with Crippen LogP contribution in [0.2, 0.25) is 18.1 Å². The first kappa shape index (κ1) is 16.1. The van der Waals surface area contributed by atoms with Gasteiger partial charge in [-0.15, -0.1) is 0 Å². The Bertz CT molecular complexity index is 382. The summed E-state index contributed by atoms with van der Waals surface area (Å²) in [6, 6.07) is 7.48. The van der Waals surface area contributed by atoms with Gasteiger partial charge in [0.15, 0.2) is 8.32 Å². The monoisotopic (exact) mass is 281 g/mol. The van der Waals surface area contributed by atoms with Gasteiger partial charge >= 0.3 is 0 Å². The zero-order valence-corrected chi connectivity index (χ0v) is 13.8. The minimum absolute atomic E-state index is 0.269. The topological polar surface area (TPSA) is 44.5 Å². The summed E-state index contributed by atoms with van der Waals surface area (Å²) in [6.45, 7) is 12.8. The second-order valence-electron chi connectivity index (χ2n) is 6.38. The van der Waals surface area contributed by atoms with Crippen LogP contribution in [-0.2, 0) is 4.43 Å². The number of rotatable bonds is 6. The van der Waals surface area contributed by atoms with Gasteiger partial charge in [0.25, 0.3) is 0 Å². The predicted octanol–water partition coefficient (Wildman–Crippen LogP) is 4.06. The number of nitrogen functional groups attached to an aromatic ring is 1. The van der Waals surface area contributed by atoms with E-state index in [0.29, 0.717) is 6.61 Å². The van der Waals surface area contributed by atoms with Crippen molar-refractivity contribution in [1.82, 2.24) is 0 Å². The van der Waals surface area contributed by atoms with Crippen LogP contribution in [0.15, 0.2) is 24.3 Å². The number of hydrogen-bond donors (Lipinski definition) is 1. The van der Waals surface area contributed by atoms with Crippen molar-refractivity contribution in [2.75, 3.05) is 18.9 Å². The smallest absolute Gasteiger partial charge is 0.191 e. The summed E-state index contributed by atoms with van der Waals surface area (Å²) in [6.07, 6.45) is 0.914. The van der Waals surface area contributed by atoms with Crippen LogP contribution in [0.3, 0.4) is 0 Å². The summed E-state index contributed by atoms with van der Waals surface area (Å²) in [5.41, 5.74) is 6.38. The van der Waals surface area contributed by atoms with Crippen molar-refractivity contribution in [3.8, 4) is 5.75 Å². The molecule has 0 heterocycles. The number of anilines is 1. The molecule has 0 spiro atoms. The molecule has 0 radical (unpaired) electrons. The Morgan fingerprint density at radius 2 is 1.63 bits per heavy atom. The quantitative estimate of drug-likeness (QED) is 0.486. The van der Waals surface area contributed by atoms with E-state index in [-0.39, 0.29) is 5.04 Å². The minimum atomic E-state index is -1.61. The predicted molar refractivity (Wildman–Crippen MR) is 84.1 cm³/mol. The number of ether oxygens (including phenoxy) is 1. The Balaban J connectivity index is 2.23. The maximum absolute atomic E-state index is 6.09. The summed E-state index contributed by atoms with van der Waals surface area (Å²) in [5, 5.41) is 0.269. The molecular weight excluding hydrogens is 254 g/mol. The highest BCUT2D eigenvalue weighted by Crippen LogP contribution is 2.36. The summed E-state index contributed by atoms with van der Waals surface area (Å²) in [7, 11) is -1.61. The fourth-order valence-electron chi connectivity index (χ4n) is 1.36. The second kappa shape index (κ2) is 6.44. The van der Waals surface area contributed by atoms with Crippen LogP contribution in [0.5, 0.6) is 5.75 Å². The first-order valence-corrected chi connectivity index (χ1v) is 9.75. The second-order valence-corrected chi connectivity index (χ2v) is 11.2. The zero-order chi connectivity index (χ0) is 14.5. The summed E-state index contributed by atoms with van der Waals surface area (Å²) in [4.78, 5) is 0. The van der Waals surface area contributed by atoms with Crippen molar-refractivity contribution >= 4 is 14.0 Å². The molecule has 19 heavy (non-hydrogen) atoms. The lowest BCUT2D eigenvalue weighted by Crippen LogP contribution is -2.41. The third kappa shape index (κ3) is 5.24. The number of benzene rings is 1. The van der Waals surface area contributed by atoms with Gasteiger partial charge in [-0.2, -0.15) is 0 Å². The molecular formula is C15H27NO2Si. The van der Waals surface area contributed by atoms with Crippen molar-refractivity contribution in [3.05, 3.63) is 24.3 Å². The number of nitrogens with two attached hydrogens (primary N) is 1. The molecule has 1 rings (SSSR count). The zero-order valence-electron chi connectivity index (χ0n) is 12.8. The molecule has 0 unspecified atom stereocenters. The molecule has 0 aliphatic carbocycles. The Labute approximate surface area is 118 Å². The van der Waals surface area contributed by atoms with Crippen molar-refractivity contribution in [3.63, 3.8) is 0 Å². The lowest BCUT2D eigenvalue weighted by molar-refractivity contribution is 0.234. The van der Waals surface area contributed by atoms with E-state index in [1.807, 2.05) is 24.3 Å². The van der Waals surface area contributed by atoms with Gasteiger partial charge in [-0.1, -0.05) is 20.8 Å². The van der Waals surface area contributed by atoms with Crippen LogP contribution in [0.1, 0.15) is 27.2 Å². The molecule has 108 valence electrons. The standard InChI is InChI=1S/C15H27NO2Si/c1-15(2,3)19(4,5)18-12-6-11-17-14-9-7-13(16)8-10-14/h7-10H,6,11-12,16H2,1-5H3. The molecule has 0 saturated heterocycles. The normalized spacial score (nSPS) is 12.5. The fourth-order valence-corrected chi connectivity index (χ4v) is 2.44. The van der Waals surface area contributed by atoms with E-state index in [1.54, 1.807) is 0 Å². The molecule has 0 aliphatic rings. The van der Waals surface area contributed by atoms with Crippen molar-refractivity contribution in [2.24, 2.45) is 0 Å². The van der Waals surface area contributed by atoms with E-state index in [0.717, 1.165) is 24.5 Å². The van der Waals surface area contributed by atoms with Gasteiger partial charge in [0, 0.05) is 18.7 Å². The fraction of sp³-hybridized carbons (Fsp3) is 0.600. The average molecular weight is 281 g/mol. The highest BCUT2D eigenvalue weighted by molar-refractivity contribution is 6.74. The molecule has 0 saturated carbocycles. The van der Waals surface area contributed by atoms with Crippen LogP contribution in [0, 0.1) is 0 Å². The lowest BCUT2D eigenvalue weighted by Gasteiger charge is -2.36. The third-order valence-electron chi connectivity index (χ3n) is 3.71. The Kier molecular flexibility index (Phi) is 5.44. The minimum Gasteiger partial charge on any atom is -0.494 e. The van der Waals surface area contributed by atoms with Crippen LogP contribution in [-0.4, -0.2) is 21.5 Å². The van der Waals surface area contributed by atoms with Crippen LogP contribution >= 0.6 is 0 Å². The maximum atomic E-state index is 6.09. The molecule has 0 aromatic heterocycles. The van der Waals surface area contributed by atoms with Gasteiger partial charge in [0.1, 0.15) is 5.75 Å². The van der Waals surface area contributed by atoms with E-state index < -0.39 is 8.32 Å². The SMILES string of the molecule is CC(C)(C)[Si](C)(C)OCCCOc1ccc(N)cc1. The summed E-state index contributed by atoms with van der Waals surface area (Å²) < 4.78 is 11.7. The molecule has 4 heteroatoms. The van der Waals surface area contributed by atoms with Crippen molar-refractivity contribution in [1.29, 1.82) is 0 Å².